The van der Waals surface area contributed by atoms with Crippen molar-refractivity contribution >= 4 is 5.69 Å². The summed E-state index contributed by atoms with van der Waals surface area (Å²) in [6.07, 6.45) is 0.130. The van der Waals surface area contributed by atoms with Gasteiger partial charge in [0.1, 0.15) is 11.6 Å². The van der Waals surface area contributed by atoms with E-state index in [1.807, 2.05) is 0 Å². The van der Waals surface area contributed by atoms with E-state index in [0.29, 0.717) is 23.0 Å². The molecule has 3 rings (SSSR count). The molecule has 21 heavy (non-hydrogen) atoms. The molecule has 0 saturated carbocycles. The first-order valence-electron chi connectivity index (χ1n) is 6.24. The quantitative estimate of drug-likeness (QED) is 0.751. The molecule has 0 amide bonds. The fourth-order valence-electron chi connectivity index (χ4n) is 1.90. The average Bonchev–Trinajstić information content (AvgIpc) is 2.91. The maximum absolute atomic E-state index is 13.6. The van der Waals surface area contributed by atoms with E-state index in [2.05, 4.69) is 10.1 Å². The Balaban J connectivity index is 1.83. The summed E-state index contributed by atoms with van der Waals surface area (Å²) in [7, 11) is 0. The third kappa shape index (κ3) is 2.89. The van der Waals surface area contributed by atoms with E-state index in [0.717, 1.165) is 11.6 Å². The average molecular weight is 287 g/mol. The number of rotatable bonds is 3. The highest BCUT2D eigenvalue weighted by molar-refractivity contribution is 5.56. The number of halogens is 2. The molecule has 0 atom stereocenters. The van der Waals surface area contributed by atoms with Crippen LogP contribution in [0.2, 0.25) is 0 Å². The molecule has 0 bridgehead atoms. The molecule has 6 heteroatoms. The van der Waals surface area contributed by atoms with Gasteiger partial charge in [-0.05, 0) is 35.9 Å². The zero-order chi connectivity index (χ0) is 14.8. The Hall–Kier alpha value is -2.76. The van der Waals surface area contributed by atoms with Gasteiger partial charge in [-0.2, -0.15) is 4.98 Å². The molecule has 106 valence electrons. The van der Waals surface area contributed by atoms with Gasteiger partial charge in [-0.1, -0.05) is 11.2 Å². The Morgan fingerprint density at radius 2 is 1.81 bits per heavy atom. The lowest BCUT2D eigenvalue weighted by molar-refractivity contribution is 0.423. The predicted octanol–water partition coefficient (Wildman–Crippen LogP) is 3.19. The smallest absolute Gasteiger partial charge is 0.257 e. The summed E-state index contributed by atoms with van der Waals surface area (Å²) >= 11 is 0. The molecule has 0 aliphatic carbocycles. The van der Waals surface area contributed by atoms with Gasteiger partial charge < -0.3 is 10.3 Å². The largest absolute Gasteiger partial charge is 0.399 e. The Bertz CT molecular complexity index is 769. The molecule has 0 spiro atoms. The van der Waals surface area contributed by atoms with Gasteiger partial charge in [-0.25, -0.2) is 8.78 Å². The van der Waals surface area contributed by atoms with Crippen LogP contribution in [0.25, 0.3) is 11.5 Å². The molecule has 2 N–H and O–H groups in total. The van der Waals surface area contributed by atoms with Crippen molar-refractivity contribution in [3.8, 4) is 11.5 Å². The summed E-state index contributed by atoms with van der Waals surface area (Å²) in [6, 6.07) is 10.3. The highest BCUT2D eigenvalue weighted by Crippen LogP contribution is 2.20. The third-order valence-corrected chi connectivity index (χ3v) is 2.99. The normalized spacial score (nSPS) is 10.8. The first kappa shape index (κ1) is 13.2. The zero-order valence-electron chi connectivity index (χ0n) is 10.9. The number of nitrogens with zero attached hydrogens (tertiary/aromatic N) is 2. The molecule has 0 fully saturated rings. The van der Waals surface area contributed by atoms with Gasteiger partial charge in [0.15, 0.2) is 5.82 Å². The molecule has 1 heterocycles. The topological polar surface area (TPSA) is 64.9 Å². The lowest BCUT2D eigenvalue weighted by Crippen LogP contribution is -1.95. The van der Waals surface area contributed by atoms with Crippen molar-refractivity contribution < 1.29 is 13.3 Å². The maximum Gasteiger partial charge on any atom is 0.257 e. The van der Waals surface area contributed by atoms with Crippen LogP contribution in [0.15, 0.2) is 47.0 Å². The molecule has 0 saturated heterocycles. The number of aromatic nitrogens is 2. The number of hydrogen-bond acceptors (Lipinski definition) is 4. The summed E-state index contributed by atoms with van der Waals surface area (Å²) in [4.78, 5) is 4.19. The molecular weight excluding hydrogens is 276 g/mol. The summed E-state index contributed by atoms with van der Waals surface area (Å²) < 4.78 is 31.5. The van der Waals surface area contributed by atoms with Crippen LogP contribution in [0.1, 0.15) is 11.4 Å². The van der Waals surface area contributed by atoms with Gasteiger partial charge in [0.05, 0.1) is 0 Å². The van der Waals surface area contributed by atoms with Crippen LogP contribution in [0.5, 0.6) is 0 Å². The Kier molecular flexibility index (Phi) is 3.35. The maximum atomic E-state index is 13.6. The van der Waals surface area contributed by atoms with Gasteiger partial charge in [-0.3, -0.25) is 0 Å². The van der Waals surface area contributed by atoms with Gasteiger partial charge in [0, 0.05) is 23.7 Å². The summed E-state index contributed by atoms with van der Waals surface area (Å²) in [5.74, 6) is -0.597. The van der Waals surface area contributed by atoms with Crippen LogP contribution in [0, 0.1) is 11.6 Å². The van der Waals surface area contributed by atoms with E-state index in [9.17, 15) is 8.78 Å². The van der Waals surface area contributed by atoms with Crippen LogP contribution < -0.4 is 5.73 Å². The van der Waals surface area contributed by atoms with Crippen LogP contribution in [-0.2, 0) is 6.42 Å². The number of hydrogen-bond donors (Lipinski definition) is 1. The standard InChI is InChI=1S/C15H11F2N3O/c16-11-4-1-10(13(17)8-11)7-14-19-15(21-20-14)9-2-5-12(18)6-3-9/h1-6,8H,7,18H2. The fraction of sp³-hybridized carbons (Fsp3) is 0.0667. The van der Waals surface area contributed by atoms with Gasteiger partial charge >= 0.3 is 0 Å². The van der Waals surface area contributed by atoms with E-state index in [-0.39, 0.29) is 6.42 Å². The van der Waals surface area contributed by atoms with Crippen molar-refractivity contribution in [1.82, 2.24) is 10.1 Å². The Morgan fingerprint density at radius 3 is 2.52 bits per heavy atom. The molecular formula is C15H11F2N3O. The van der Waals surface area contributed by atoms with Crippen LogP contribution in [-0.4, -0.2) is 10.1 Å². The second-order valence-corrected chi connectivity index (χ2v) is 4.55. The first-order valence-corrected chi connectivity index (χ1v) is 6.24. The van der Waals surface area contributed by atoms with E-state index in [1.165, 1.54) is 12.1 Å². The number of nitrogens with two attached hydrogens (primary N) is 1. The van der Waals surface area contributed by atoms with E-state index in [4.69, 9.17) is 10.3 Å². The van der Waals surface area contributed by atoms with E-state index < -0.39 is 11.6 Å². The minimum Gasteiger partial charge on any atom is -0.399 e. The minimum atomic E-state index is -0.631. The van der Waals surface area contributed by atoms with Crippen molar-refractivity contribution in [2.75, 3.05) is 5.73 Å². The lowest BCUT2D eigenvalue weighted by atomic mass is 10.1. The van der Waals surface area contributed by atoms with Crippen molar-refractivity contribution in [1.29, 1.82) is 0 Å². The molecule has 3 aromatic rings. The van der Waals surface area contributed by atoms with E-state index in [1.54, 1.807) is 24.3 Å². The predicted molar refractivity (Wildman–Crippen MR) is 73.3 cm³/mol. The van der Waals surface area contributed by atoms with Crippen molar-refractivity contribution in [3.05, 3.63) is 65.5 Å². The molecule has 0 aliphatic rings. The minimum absolute atomic E-state index is 0.130. The van der Waals surface area contributed by atoms with Gasteiger partial charge in [-0.15, -0.1) is 0 Å². The molecule has 0 unspecified atom stereocenters. The summed E-state index contributed by atoms with van der Waals surface area (Å²) in [5.41, 5.74) is 7.26. The molecule has 4 nitrogen and oxygen atoms in total. The van der Waals surface area contributed by atoms with E-state index >= 15 is 0 Å². The SMILES string of the molecule is Nc1ccc(-c2nc(Cc3ccc(F)cc3F)no2)cc1. The molecule has 0 radical (unpaired) electrons. The Morgan fingerprint density at radius 1 is 1.05 bits per heavy atom. The second-order valence-electron chi connectivity index (χ2n) is 4.55. The lowest BCUT2D eigenvalue weighted by Gasteiger charge is -1.99. The molecule has 2 aromatic carbocycles. The second kappa shape index (κ2) is 5.32. The number of anilines is 1. The van der Waals surface area contributed by atoms with Crippen molar-refractivity contribution in [2.45, 2.75) is 6.42 Å². The van der Waals surface area contributed by atoms with Gasteiger partial charge in [0.25, 0.3) is 5.89 Å². The molecule has 1 aromatic heterocycles. The number of nitrogen functional groups attached to an aromatic ring is 1. The Labute approximate surface area is 119 Å². The van der Waals surface area contributed by atoms with Crippen LogP contribution in [0.3, 0.4) is 0 Å². The molecule has 0 aliphatic heterocycles. The van der Waals surface area contributed by atoms with Crippen molar-refractivity contribution in [2.24, 2.45) is 0 Å². The van der Waals surface area contributed by atoms with Crippen LogP contribution in [0.4, 0.5) is 14.5 Å². The number of benzene rings is 2. The summed E-state index contributed by atoms with van der Waals surface area (Å²) in [6.45, 7) is 0. The van der Waals surface area contributed by atoms with Gasteiger partial charge in [0.2, 0.25) is 0 Å². The highest BCUT2D eigenvalue weighted by Gasteiger charge is 2.12. The first-order chi connectivity index (χ1) is 10.1. The third-order valence-electron chi connectivity index (χ3n) is 2.99. The van der Waals surface area contributed by atoms with Crippen molar-refractivity contribution in [3.63, 3.8) is 0 Å². The monoisotopic (exact) mass is 287 g/mol. The van der Waals surface area contributed by atoms with Crippen LogP contribution >= 0.6 is 0 Å². The highest BCUT2D eigenvalue weighted by atomic mass is 19.1. The zero-order valence-corrected chi connectivity index (χ0v) is 10.9. The summed E-state index contributed by atoms with van der Waals surface area (Å²) in [5, 5.41) is 3.80. The fourth-order valence-corrected chi connectivity index (χ4v) is 1.90.